The van der Waals surface area contributed by atoms with Crippen molar-refractivity contribution in [2.75, 3.05) is 31.1 Å². The predicted octanol–water partition coefficient (Wildman–Crippen LogP) is 3.69. The summed E-state index contributed by atoms with van der Waals surface area (Å²) in [4.78, 5) is 16.3. The Labute approximate surface area is 148 Å². The maximum Gasteiger partial charge on any atom is 0.128 e. The Balaban J connectivity index is 1.37. The summed E-state index contributed by atoms with van der Waals surface area (Å²) in [5, 5.41) is 0. The van der Waals surface area contributed by atoms with Gasteiger partial charge in [0.2, 0.25) is 0 Å². The van der Waals surface area contributed by atoms with Crippen LogP contribution >= 0.6 is 11.8 Å². The van der Waals surface area contributed by atoms with E-state index in [4.69, 9.17) is 4.98 Å². The molecule has 2 fully saturated rings. The van der Waals surface area contributed by atoms with E-state index in [1.807, 2.05) is 30.7 Å². The molecule has 0 bridgehead atoms. The zero-order chi connectivity index (χ0) is 16.2. The summed E-state index contributed by atoms with van der Waals surface area (Å²) in [6, 6.07) is 9.27. The SMILES string of the molecule is c1cc(Sc2ccc(N3CCCN(C4CCC4)CC3)nc2)ccn1. The monoisotopic (exact) mass is 340 g/mol. The van der Waals surface area contributed by atoms with Gasteiger partial charge in [0.1, 0.15) is 5.82 Å². The molecule has 4 rings (SSSR count). The molecule has 2 aromatic heterocycles. The molecule has 5 heteroatoms. The molecule has 24 heavy (non-hydrogen) atoms. The molecule has 0 radical (unpaired) electrons. The Kier molecular flexibility index (Phi) is 4.99. The average molecular weight is 340 g/mol. The molecule has 2 aliphatic rings. The second-order valence-corrected chi connectivity index (χ2v) is 7.75. The summed E-state index contributed by atoms with van der Waals surface area (Å²) < 4.78 is 0. The van der Waals surface area contributed by atoms with Crippen molar-refractivity contribution in [3.8, 4) is 0 Å². The number of hydrogen-bond donors (Lipinski definition) is 0. The van der Waals surface area contributed by atoms with Crippen molar-refractivity contribution in [2.45, 2.75) is 41.5 Å². The molecule has 1 saturated heterocycles. The molecule has 4 nitrogen and oxygen atoms in total. The first-order valence-electron chi connectivity index (χ1n) is 8.91. The second-order valence-electron chi connectivity index (χ2n) is 6.60. The van der Waals surface area contributed by atoms with Gasteiger partial charge >= 0.3 is 0 Å². The van der Waals surface area contributed by atoms with Crippen molar-refractivity contribution in [1.82, 2.24) is 14.9 Å². The molecular weight excluding hydrogens is 316 g/mol. The Hall–Kier alpha value is -1.59. The largest absolute Gasteiger partial charge is 0.355 e. The van der Waals surface area contributed by atoms with Crippen molar-refractivity contribution in [3.63, 3.8) is 0 Å². The third kappa shape index (κ3) is 3.73. The van der Waals surface area contributed by atoms with Crippen molar-refractivity contribution in [2.24, 2.45) is 0 Å². The average Bonchev–Trinajstić information content (AvgIpc) is 2.81. The summed E-state index contributed by atoms with van der Waals surface area (Å²) in [5.41, 5.74) is 0. The molecule has 3 heterocycles. The highest BCUT2D eigenvalue weighted by atomic mass is 32.2. The Morgan fingerprint density at radius 1 is 0.875 bits per heavy atom. The van der Waals surface area contributed by atoms with Gasteiger partial charge in [0.05, 0.1) is 0 Å². The fourth-order valence-electron chi connectivity index (χ4n) is 3.45. The van der Waals surface area contributed by atoms with Crippen molar-refractivity contribution < 1.29 is 0 Å². The number of nitrogens with zero attached hydrogens (tertiary/aromatic N) is 4. The molecule has 0 unspecified atom stereocenters. The van der Waals surface area contributed by atoms with E-state index < -0.39 is 0 Å². The standard InChI is InChI=1S/C19H24N4S/c1-3-16(4-1)22-11-2-12-23(14-13-22)19-6-5-18(15-21-19)24-17-7-9-20-10-8-17/h5-10,15-16H,1-4,11-14H2. The van der Waals surface area contributed by atoms with Crippen LogP contribution in [0.2, 0.25) is 0 Å². The molecule has 0 atom stereocenters. The van der Waals surface area contributed by atoms with Gasteiger partial charge in [-0.1, -0.05) is 18.2 Å². The summed E-state index contributed by atoms with van der Waals surface area (Å²) >= 11 is 1.73. The smallest absolute Gasteiger partial charge is 0.128 e. The van der Waals surface area contributed by atoms with Crippen molar-refractivity contribution in [1.29, 1.82) is 0 Å². The minimum absolute atomic E-state index is 0.858. The van der Waals surface area contributed by atoms with Crippen LogP contribution in [0.3, 0.4) is 0 Å². The lowest BCUT2D eigenvalue weighted by atomic mass is 9.91. The van der Waals surface area contributed by atoms with Crippen molar-refractivity contribution in [3.05, 3.63) is 42.9 Å². The van der Waals surface area contributed by atoms with E-state index in [2.05, 4.69) is 26.9 Å². The van der Waals surface area contributed by atoms with Gasteiger partial charge in [-0.15, -0.1) is 0 Å². The first-order chi connectivity index (χ1) is 11.9. The van der Waals surface area contributed by atoms with Gasteiger partial charge in [0.15, 0.2) is 0 Å². The number of aromatic nitrogens is 2. The normalized spacial score (nSPS) is 19.8. The summed E-state index contributed by atoms with van der Waals surface area (Å²) in [6.07, 6.45) is 11.1. The topological polar surface area (TPSA) is 32.3 Å². The van der Waals surface area contributed by atoms with Gasteiger partial charge in [0.25, 0.3) is 0 Å². The predicted molar refractivity (Wildman–Crippen MR) is 98.6 cm³/mol. The summed E-state index contributed by atoms with van der Waals surface area (Å²) in [7, 11) is 0. The molecule has 1 aliphatic carbocycles. The number of anilines is 1. The zero-order valence-electron chi connectivity index (χ0n) is 14.0. The fraction of sp³-hybridized carbons (Fsp3) is 0.474. The maximum atomic E-state index is 4.72. The van der Waals surface area contributed by atoms with Crippen LogP contribution in [0.15, 0.2) is 52.6 Å². The third-order valence-electron chi connectivity index (χ3n) is 5.05. The zero-order valence-corrected chi connectivity index (χ0v) is 14.8. The van der Waals surface area contributed by atoms with Crippen LogP contribution in [0.25, 0.3) is 0 Å². The van der Waals surface area contributed by atoms with Gasteiger partial charge in [-0.3, -0.25) is 9.88 Å². The van der Waals surface area contributed by atoms with Crippen LogP contribution in [-0.2, 0) is 0 Å². The van der Waals surface area contributed by atoms with E-state index in [1.165, 1.54) is 48.6 Å². The molecular formula is C19H24N4S. The minimum Gasteiger partial charge on any atom is -0.355 e. The molecule has 0 amide bonds. The first kappa shape index (κ1) is 15.9. The highest BCUT2D eigenvalue weighted by Gasteiger charge is 2.26. The molecule has 0 N–H and O–H groups in total. The van der Waals surface area contributed by atoms with Crippen LogP contribution in [0.4, 0.5) is 5.82 Å². The lowest BCUT2D eigenvalue weighted by molar-refractivity contribution is 0.136. The van der Waals surface area contributed by atoms with Crippen LogP contribution in [0, 0.1) is 0 Å². The number of rotatable bonds is 4. The van der Waals surface area contributed by atoms with Gasteiger partial charge < -0.3 is 4.90 Å². The lowest BCUT2D eigenvalue weighted by Crippen LogP contribution is -2.42. The van der Waals surface area contributed by atoms with Crippen LogP contribution in [0.5, 0.6) is 0 Å². The fourth-order valence-corrected chi connectivity index (χ4v) is 4.22. The van der Waals surface area contributed by atoms with E-state index >= 15 is 0 Å². The lowest BCUT2D eigenvalue weighted by Gasteiger charge is -2.36. The van der Waals surface area contributed by atoms with Crippen molar-refractivity contribution >= 4 is 17.6 Å². The first-order valence-corrected chi connectivity index (χ1v) is 9.73. The minimum atomic E-state index is 0.858. The van der Waals surface area contributed by atoms with E-state index in [0.29, 0.717) is 0 Å². The van der Waals surface area contributed by atoms with Crippen LogP contribution in [-0.4, -0.2) is 47.1 Å². The maximum absolute atomic E-state index is 4.72. The van der Waals surface area contributed by atoms with Gasteiger partial charge in [-0.2, -0.15) is 0 Å². The highest BCUT2D eigenvalue weighted by Crippen LogP contribution is 2.28. The molecule has 0 spiro atoms. The number of pyridine rings is 2. The molecule has 1 saturated carbocycles. The Bertz CT molecular complexity index is 642. The van der Waals surface area contributed by atoms with E-state index in [-0.39, 0.29) is 0 Å². The third-order valence-corrected chi connectivity index (χ3v) is 6.04. The van der Waals surface area contributed by atoms with Gasteiger partial charge in [0, 0.05) is 60.6 Å². The molecule has 2 aromatic rings. The molecule has 126 valence electrons. The van der Waals surface area contributed by atoms with Gasteiger partial charge in [-0.05, 0) is 43.5 Å². The van der Waals surface area contributed by atoms with Gasteiger partial charge in [-0.25, -0.2) is 4.98 Å². The number of hydrogen-bond acceptors (Lipinski definition) is 5. The van der Waals surface area contributed by atoms with E-state index in [1.54, 1.807) is 11.8 Å². The molecule has 0 aromatic carbocycles. The Morgan fingerprint density at radius 2 is 1.75 bits per heavy atom. The summed E-state index contributed by atoms with van der Waals surface area (Å²) in [5.74, 6) is 1.12. The molecule has 1 aliphatic heterocycles. The second kappa shape index (κ2) is 7.53. The van der Waals surface area contributed by atoms with E-state index in [0.717, 1.165) is 24.9 Å². The van der Waals surface area contributed by atoms with Crippen LogP contribution < -0.4 is 4.90 Å². The Morgan fingerprint density at radius 3 is 2.46 bits per heavy atom. The van der Waals surface area contributed by atoms with E-state index in [9.17, 15) is 0 Å². The quantitative estimate of drug-likeness (QED) is 0.847. The van der Waals surface area contributed by atoms with Crippen LogP contribution in [0.1, 0.15) is 25.7 Å². The summed E-state index contributed by atoms with van der Waals surface area (Å²) in [6.45, 7) is 4.64. The highest BCUT2D eigenvalue weighted by molar-refractivity contribution is 7.99.